The van der Waals surface area contributed by atoms with Crippen molar-refractivity contribution in [2.75, 3.05) is 45.8 Å². The van der Waals surface area contributed by atoms with E-state index in [-0.39, 0.29) is 24.0 Å². The largest absolute Gasteiger partial charge is 0.357 e. The van der Waals surface area contributed by atoms with Gasteiger partial charge in [-0.1, -0.05) is 20.3 Å². The van der Waals surface area contributed by atoms with Crippen LogP contribution in [-0.2, 0) is 13.0 Å². The second kappa shape index (κ2) is 15.5. The number of nitrogens with zero attached hydrogens (tertiary/aromatic N) is 4. The zero-order chi connectivity index (χ0) is 21.9. The Labute approximate surface area is 217 Å². The monoisotopic (exact) mass is 576 g/mol. The first-order valence-corrected chi connectivity index (χ1v) is 13.5. The molecule has 3 heterocycles. The summed E-state index contributed by atoms with van der Waals surface area (Å²) in [6.45, 7) is 15.5. The molecule has 0 saturated carbocycles. The van der Waals surface area contributed by atoms with E-state index in [9.17, 15) is 0 Å². The van der Waals surface area contributed by atoms with Gasteiger partial charge in [0, 0.05) is 44.1 Å². The van der Waals surface area contributed by atoms with Crippen molar-refractivity contribution in [1.82, 2.24) is 25.4 Å². The van der Waals surface area contributed by atoms with Crippen LogP contribution in [0.15, 0.2) is 10.4 Å². The third-order valence-corrected chi connectivity index (χ3v) is 7.64. The number of unbranched alkanes of at least 4 members (excludes halogenated alkanes) is 1. The molecular formula is C24H45IN6S. The van der Waals surface area contributed by atoms with Crippen LogP contribution in [0.25, 0.3) is 0 Å². The van der Waals surface area contributed by atoms with Crippen LogP contribution in [0.3, 0.4) is 0 Å². The molecule has 8 heteroatoms. The predicted octanol–water partition coefficient (Wildman–Crippen LogP) is 4.36. The molecule has 0 aliphatic carbocycles. The Kier molecular flexibility index (Phi) is 13.4. The third kappa shape index (κ3) is 9.43. The Morgan fingerprint density at radius 3 is 2.44 bits per heavy atom. The van der Waals surface area contributed by atoms with E-state index in [1.165, 1.54) is 82.0 Å². The Bertz CT molecular complexity index is 651. The molecule has 3 rings (SSSR count). The standard InChI is InChI=1S/C24H44N6S.HI/c1-4-7-12-29-15-10-21(11-16-29)28-24(25-6-3)26-17-20-8-13-30(14-9-20)18-22-19-31-23(5-2)27-22;/h19-21H,4-18H2,1-3H3,(H2,25,26,28);1H. The molecule has 2 fully saturated rings. The minimum atomic E-state index is 0. The average molecular weight is 577 g/mol. The van der Waals surface area contributed by atoms with Gasteiger partial charge in [-0.2, -0.15) is 0 Å². The Hall–Kier alpha value is -0.450. The van der Waals surface area contributed by atoms with Crippen LogP contribution in [0, 0.1) is 5.92 Å². The molecule has 0 atom stereocenters. The van der Waals surface area contributed by atoms with E-state index in [1.807, 2.05) is 0 Å². The van der Waals surface area contributed by atoms with Gasteiger partial charge < -0.3 is 15.5 Å². The lowest BCUT2D eigenvalue weighted by molar-refractivity contribution is 0.179. The summed E-state index contributed by atoms with van der Waals surface area (Å²) in [6, 6.07) is 0.559. The van der Waals surface area contributed by atoms with Gasteiger partial charge in [-0.3, -0.25) is 9.89 Å². The highest BCUT2D eigenvalue weighted by Crippen LogP contribution is 2.20. The number of nitrogens with one attached hydrogen (secondary N) is 2. The van der Waals surface area contributed by atoms with Crippen molar-refractivity contribution in [2.45, 2.75) is 78.3 Å². The van der Waals surface area contributed by atoms with Crippen LogP contribution < -0.4 is 10.6 Å². The number of halogens is 1. The van der Waals surface area contributed by atoms with Crippen LogP contribution in [0.4, 0.5) is 0 Å². The van der Waals surface area contributed by atoms with Crippen molar-refractivity contribution in [3.63, 3.8) is 0 Å². The molecule has 0 unspecified atom stereocenters. The van der Waals surface area contributed by atoms with Gasteiger partial charge in [0.05, 0.1) is 10.7 Å². The van der Waals surface area contributed by atoms with E-state index >= 15 is 0 Å². The number of aryl methyl sites for hydroxylation is 1. The summed E-state index contributed by atoms with van der Waals surface area (Å²) >= 11 is 1.80. The first-order valence-electron chi connectivity index (χ1n) is 12.6. The maximum Gasteiger partial charge on any atom is 0.191 e. The summed E-state index contributed by atoms with van der Waals surface area (Å²) in [5, 5.41) is 10.7. The second-order valence-corrected chi connectivity index (χ2v) is 10.1. The van der Waals surface area contributed by atoms with E-state index in [1.54, 1.807) is 11.3 Å². The van der Waals surface area contributed by atoms with Crippen molar-refractivity contribution in [2.24, 2.45) is 10.9 Å². The van der Waals surface area contributed by atoms with Gasteiger partial charge in [0.1, 0.15) is 0 Å². The van der Waals surface area contributed by atoms with E-state index in [0.29, 0.717) is 12.0 Å². The molecule has 2 N–H and O–H groups in total. The maximum absolute atomic E-state index is 4.97. The fourth-order valence-electron chi connectivity index (χ4n) is 4.56. The minimum absolute atomic E-state index is 0. The summed E-state index contributed by atoms with van der Waals surface area (Å²) in [7, 11) is 0. The predicted molar refractivity (Wildman–Crippen MR) is 148 cm³/mol. The lowest BCUT2D eigenvalue weighted by Gasteiger charge is -2.33. The van der Waals surface area contributed by atoms with Crippen molar-refractivity contribution in [1.29, 1.82) is 0 Å². The number of aromatic nitrogens is 1. The molecule has 32 heavy (non-hydrogen) atoms. The number of thiazole rings is 1. The van der Waals surface area contributed by atoms with Gasteiger partial charge in [0.25, 0.3) is 0 Å². The van der Waals surface area contributed by atoms with Gasteiger partial charge in [-0.05, 0) is 71.0 Å². The van der Waals surface area contributed by atoms with E-state index in [4.69, 9.17) is 9.98 Å². The lowest BCUT2D eigenvalue weighted by Crippen LogP contribution is -2.49. The number of piperidine rings is 2. The van der Waals surface area contributed by atoms with Crippen LogP contribution in [0.2, 0.25) is 0 Å². The summed E-state index contributed by atoms with van der Waals surface area (Å²) in [6.07, 6.45) is 8.59. The zero-order valence-corrected chi connectivity index (χ0v) is 23.6. The van der Waals surface area contributed by atoms with Gasteiger partial charge >= 0.3 is 0 Å². The fraction of sp³-hybridized carbons (Fsp3) is 0.833. The Morgan fingerprint density at radius 1 is 1.09 bits per heavy atom. The van der Waals surface area contributed by atoms with Crippen LogP contribution >= 0.6 is 35.3 Å². The van der Waals surface area contributed by atoms with Crippen molar-refractivity contribution in [3.8, 4) is 0 Å². The van der Waals surface area contributed by atoms with Crippen molar-refractivity contribution < 1.29 is 0 Å². The molecule has 1 aromatic heterocycles. The molecule has 2 saturated heterocycles. The summed E-state index contributed by atoms with van der Waals surface area (Å²) in [4.78, 5) is 14.9. The minimum Gasteiger partial charge on any atom is -0.357 e. The Morgan fingerprint density at radius 2 is 1.81 bits per heavy atom. The number of rotatable bonds is 10. The van der Waals surface area contributed by atoms with Crippen molar-refractivity contribution >= 4 is 41.3 Å². The van der Waals surface area contributed by atoms with Crippen LogP contribution in [0.5, 0.6) is 0 Å². The SMILES string of the molecule is CCCCN1CCC(NC(=NCC2CCN(Cc3csc(CC)n3)CC2)NCC)CC1.I. The third-order valence-electron chi connectivity index (χ3n) is 6.60. The molecule has 0 bridgehead atoms. The molecule has 2 aliphatic heterocycles. The highest BCUT2D eigenvalue weighted by Gasteiger charge is 2.22. The highest BCUT2D eigenvalue weighted by atomic mass is 127. The quantitative estimate of drug-likeness (QED) is 0.247. The maximum atomic E-state index is 4.97. The lowest BCUT2D eigenvalue weighted by atomic mass is 9.97. The summed E-state index contributed by atoms with van der Waals surface area (Å²) < 4.78 is 0. The zero-order valence-electron chi connectivity index (χ0n) is 20.4. The first-order chi connectivity index (χ1) is 15.2. The molecule has 0 spiro atoms. The Balaban J connectivity index is 0.00000363. The van der Waals surface area contributed by atoms with Gasteiger partial charge in [-0.25, -0.2) is 4.98 Å². The topological polar surface area (TPSA) is 55.8 Å². The van der Waals surface area contributed by atoms with Crippen molar-refractivity contribution in [3.05, 3.63) is 16.1 Å². The van der Waals surface area contributed by atoms with E-state index in [2.05, 4.69) is 46.6 Å². The second-order valence-electron chi connectivity index (χ2n) is 9.14. The number of likely N-dealkylation sites (tertiary alicyclic amines) is 2. The van der Waals surface area contributed by atoms with Gasteiger partial charge in [0.2, 0.25) is 0 Å². The summed E-state index contributed by atoms with van der Waals surface area (Å²) in [5.41, 5.74) is 1.25. The fourth-order valence-corrected chi connectivity index (χ4v) is 5.29. The molecule has 2 aliphatic rings. The molecular weight excluding hydrogens is 531 g/mol. The highest BCUT2D eigenvalue weighted by molar-refractivity contribution is 14.0. The first kappa shape index (κ1) is 27.8. The summed E-state index contributed by atoms with van der Waals surface area (Å²) in [5.74, 6) is 1.72. The smallest absolute Gasteiger partial charge is 0.191 e. The molecule has 0 radical (unpaired) electrons. The number of aliphatic imine (C=N–C) groups is 1. The van der Waals surface area contributed by atoms with E-state index < -0.39 is 0 Å². The molecule has 1 aromatic rings. The normalized spacial score (nSPS) is 19.7. The molecule has 6 nitrogen and oxygen atoms in total. The van der Waals surface area contributed by atoms with Crippen LogP contribution in [0.1, 0.15) is 70.0 Å². The number of guanidine groups is 1. The molecule has 0 amide bonds. The molecule has 184 valence electrons. The average Bonchev–Trinajstić information content (AvgIpc) is 3.25. The number of hydrogen-bond acceptors (Lipinski definition) is 5. The van der Waals surface area contributed by atoms with Gasteiger partial charge in [0.15, 0.2) is 5.96 Å². The van der Waals surface area contributed by atoms with E-state index in [0.717, 1.165) is 32.0 Å². The molecule has 0 aromatic carbocycles. The van der Waals surface area contributed by atoms with Crippen LogP contribution in [-0.4, -0.2) is 72.6 Å². The van der Waals surface area contributed by atoms with Gasteiger partial charge in [-0.15, -0.1) is 35.3 Å². The number of hydrogen-bond donors (Lipinski definition) is 2.